The van der Waals surface area contributed by atoms with E-state index < -0.39 is 5.54 Å². The Bertz CT molecular complexity index is 411. The van der Waals surface area contributed by atoms with Gasteiger partial charge in [-0.3, -0.25) is 4.79 Å². The molecule has 86 valence electrons. The number of anilines is 1. The van der Waals surface area contributed by atoms with Crippen LogP contribution < -0.4 is 11.1 Å². The SMILES string of the molecule is CC(N)(C(=O)Nc1cccc(O)c1)C1CC1. The molecule has 0 radical (unpaired) electrons. The summed E-state index contributed by atoms with van der Waals surface area (Å²) in [7, 11) is 0. The zero-order chi connectivity index (χ0) is 11.8. The average molecular weight is 220 g/mol. The monoisotopic (exact) mass is 220 g/mol. The second-order valence-corrected chi connectivity index (χ2v) is 4.56. The van der Waals surface area contributed by atoms with E-state index in [1.807, 2.05) is 0 Å². The smallest absolute Gasteiger partial charge is 0.244 e. The number of nitrogens with two attached hydrogens (primary N) is 1. The fourth-order valence-corrected chi connectivity index (χ4v) is 1.72. The molecule has 1 aromatic carbocycles. The van der Waals surface area contributed by atoms with E-state index in [0.717, 1.165) is 12.8 Å². The van der Waals surface area contributed by atoms with Gasteiger partial charge in [-0.25, -0.2) is 0 Å². The molecular formula is C12H16N2O2. The van der Waals surface area contributed by atoms with Crippen molar-refractivity contribution in [2.45, 2.75) is 25.3 Å². The molecule has 0 aromatic heterocycles. The summed E-state index contributed by atoms with van der Waals surface area (Å²) in [5.41, 5.74) is 5.73. The molecule has 1 fully saturated rings. The number of amides is 1. The third kappa shape index (κ3) is 2.17. The Labute approximate surface area is 94.5 Å². The van der Waals surface area contributed by atoms with E-state index in [2.05, 4.69) is 5.32 Å². The summed E-state index contributed by atoms with van der Waals surface area (Å²) >= 11 is 0. The minimum absolute atomic E-state index is 0.128. The molecule has 1 aromatic rings. The van der Waals surface area contributed by atoms with Gasteiger partial charge in [-0.2, -0.15) is 0 Å². The number of hydrogen-bond donors (Lipinski definition) is 3. The van der Waals surface area contributed by atoms with Gasteiger partial charge in [-0.15, -0.1) is 0 Å². The summed E-state index contributed by atoms with van der Waals surface area (Å²) in [6.45, 7) is 1.75. The Balaban J connectivity index is 2.07. The van der Waals surface area contributed by atoms with Crippen molar-refractivity contribution in [2.24, 2.45) is 11.7 Å². The number of carbonyl (C=O) groups excluding carboxylic acids is 1. The van der Waals surface area contributed by atoms with Crippen molar-refractivity contribution in [2.75, 3.05) is 5.32 Å². The van der Waals surface area contributed by atoms with Crippen LogP contribution in [-0.4, -0.2) is 16.6 Å². The Morgan fingerprint density at radius 2 is 2.25 bits per heavy atom. The fourth-order valence-electron chi connectivity index (χ4n) is 1.72. The normalized spacial score (nSPS) is 18.9. The summed E-state index contributed by atoms with van der Waals surface area (Å²) in [5, 5.41) is 12.0. The first-order valence-corrected chi connectivity index (χ1v) is 5.39. The first-order chi connectivity index (χ1) is 7.50. The molecule has 2 rings (SSSR count). The van der Waals surface area contributed by atoms with Crippen molar-refractivity contribution in [1.82, 2.24) is 0 Å². The second-order valence-electron chi connectivity index (χ2n) is 4.56. The van der Waals surface area contributed by atoms with E-state index in [4.69, 9.17) is 5.73 Å². The van der Waals surface area contributed by atoms with Crippen LogP contribution in [-0.2, 0) is 4.79 Å². The lowest BCUT2D eigenvalue weighted by molar-refractivity contribution is -0.121. The molecule has 4 nitrogen and oxygen atoms in total. The third-order valence-electron chi connectivity index (χ3n) is 3.02. The Kier molecular flexibility index (Phi) is 2.59. The van der Waals surface area contributed by atoms with E-state index in [0.29, 0.717) is 5.69 Å². The molecule has 1 amide bonds. The second kappa shape index (κ2) is 3.79. The first-order valence-electron chi connectivity index (χ1n) is 5.39. The van der Waals surface area contributed by atoms with Crippen LogP contribution in [0.5, 0.6) is 5.75 Å². The van der Waals surface area contributed by atoms with Gasteiger partial charge in [-0.1, -0.05) is 6.07 Å². The molecule has 1 aliphatic carbocycles. The van der Waals surface area contributed by atoms with Gasteiger partial charge in [0.05, 0.1) is 5.54 Å². The van der Waals surface area contributed by atoms with Gasteiger partial charge in [0.1, 0.15) is 5.75 Å². The molecule has 1 unspecified atom stereocenters. The van der Waals surface area contributed by atoms with Gasteiger partial charge in [0.15, 0.2) is 0 Å². The van der Waals surface area contributed by atoms with Crippen LogP contribution >= 0.6 is 0 Å². The Hall–Kier alpha value is -1.55. The molecule has 0 saturated heterocycles. The fraction of sp³-hybridized carbons (Fsp3) is 0.417. The van der Waals surface area contributed by atoms with Crippen molar-refractivity contribution >= 4 is 11.6 Å². The summed E-state index contributed by atoms with van der Waals surface area (Å²) in [6.07, 6.45) is 2.03. The lowest BCUT2D eigenvalue weighted by Crippen LogP contribution is -2.50. The summed E-state index contributed by atoms with van der Waals surface area (Å²) in [4.78, 5) is 11.9. The Morgan fingerprint density at radius 1 is 1.56 bits per heavy atom. The number of rotatable bonds is 3. The minimum Gasteiger partial charge on any atom is -0.508 e. The maximum absolute atomic E-state index is 11.9. The molecule has 16 heavy (non-hydrogen) atoms. The van der Waals surface area contributed by atoms with Gasteiger partial charge in [0.2, 0.25) is 5.91 Å². The quantitative estimate of drug-likeness (QED) is 0.721. The van der Waals surface area contributed by atoms with Crippen molar-refractivity contribution in [3.05, 3.63) is 24.3 Å². The van der Waals surface area contributed by atoms with Crippen LogP contribution in [0, 0.1) is 5.92 Å². The number of nitrogens with one attached hydrogen (secondary N) is 1. The number of carbonyl (C=O) groups is 1. The predicted molar refractivity (Wildman–Crippen MR) is 62.1 cm³/mol. The standard InChI is InChI=1S/C12H16N2O2/c1-12(13,8-5-6-8)11(16)14-9-3-2-4-10(15)7-9/h2-4,7-8,15H,5-6,13H2,1H3,(H,14,16). The number of aromatic hydroxyl groups is 1. The number of phenolic OH excluding ortho intramolecular Hbond substituents is 1. The van der Waals surface area contributed by atoms with Crippen molar-refractivity contribution in [3.8, 4) is 5.75 Å². The van der Waals surface area contributed by atoms with E-state index >= 15 is 0 Å². The van der Waals surface area contributed by atoms with Crippen LogP contribution in [0.25, 0.3) is 0 Å². The highest BCUT2D eigenvalue weighted by atomic mass is 16.3. The Morgan fingerprint density at radius 3 is 2.81 bits per heavy atom. The van der Waals surface area contributed by atoms with Crippen molar-refractivity contribution in [3.63, 3.8) is 0 Å². The third-order valence-corrected chi connectivity index (χ3v) is 3.02. The van der Waals surface area contributed by atoms with Crippen LogP contribution in [0.3, 0.4) is 0 Å². The molecule has 1 atom stereocenters. The van der Waals surface area contributed by atoms with E-state index in [9.17, 15) is 9.90 Å². The summed E-state index contributed by atoms with van der Waals surface area (Å²) < 4.78 is 0. The molecular weight excluding hydrogens is 204 g/mol. The number of benzene rings is 1. The van der Waals surface area contributed by atoms with E-state index in [1.54, 1.807) is 25.1 Å². The average Bonchev–Trinajstić information content (AvgIpc) is 3.00. The molecule has 0 spiro atoms. The van der Waals surface area contributed by atoms with Crippen molar-refractivity contribution < 1.29 is 9.90 Å². The number of hydrogen-bond acceptors (Lipinski definition) is 3. The molecule has 4 N–H and O–H groups in total. The van der Waals surface area contributed by atoms with Gasteiger partial charge in [0, 0.05) is 11.8 Å². The van der Waals surface area contributed by atoms with Gasteiger partial charge in [0.25, 0.3) is 0 Å². The first kappa shape index (κ1) is 11.0. The topological polar surface area (TPSA) is 75.4 Å². The molecule has 1 saturated carbocycles. The largest absolute Gasteiger partial charge is 0.508 e. The predicted octanol–water partition coefficient (Wildman–Crippen LogP) is 1.46. The zero-order valence-corrected chi connectivity index (χ0v) is 9.23. The highest BCUT2D eigenvalue weighted by Gasteiger charge is 2.44. The lowest BCUT2D eigenvalue weighted by atomic mass is 9.96. The lowest BCUT2D eigenvalue weighted by Gasteiger charge is -2.23. The molecule has 0 heterocycles. The minimum atomic E-state index is -0.814. The summed E-state index contributed by atoms with van der Waals surface area (Å²) in [5.74, 6) is 0.216. The maximum Gasteiger partial charge on any atom is 0.244 e. The molecule has 0 aliphatic heterocycles. The van der Waals surface area contributed by atoms with Gasteiger partial charge >= 0.3 is 0 Å². The van der Waals surface area contributed by atoms with Crippen molar-refractivity contribution in [1.29, 1.82) is 0 Å². The maximum atomic E-state index is 11.9. The summed E-state index contributed by atoms with van der Waals surface area (Å²) in [6, 6.07) is 6.45. The highest BCUT2D eigenvalue weighted by molar-refractivity contribution is 5.98. The van der Waals surface area contributed by atoms with Crippen LogP contribution in [0.2, 0.25) is 0 Å². The zero-order valence-electron chi connectivity index (χ0n) is 9.23. The van der Waals surface area contributed by atoms with Gasteiger partial charge < -0.3 is 16.2 Å². The highest BCUT2D eigenvalue weighted by Crippen LogP contribution is 2.38. The van der Waals surface area contributed by atoms with Crippen LogP contribution in [0.4, 0.5) is 5.69 Å². The van der Waals surface area contributed by atoms with E-state index in [1.165, 1.54) is 6.07 Å². The van der Waals surface area contributed by atoms with Crippen LogP contribution in [0.1, 0.15) is 19.8 Å². The number of phenols is 1. The van der Waals surface area contributed by atoms with E-state index in [-0.39, 0.29) is 17.6 Å². The van der Waals surface area contributed by atoms with Crippen LogP contribution in [0.15, 0.2) is 24.3 Å². The molecule has 1 aliphatic rings. The molecule has 4 heteroatoms. The molecule has 0 bridgehead atoms. The van der Waals surface area contributed by atoms with Gasteiger partial charge in [-0.05, 0) is 37.8 Å².